The molecule has 0 amide bonds. The van der Waals surface area contributed by atoms with Gasteiger partial charge < -0.3 is 23.4 Å². The highest BCUT2D eigenvalue weighted by Gasteiger charge is 2.24. The lowest BCUT2D eigenvalue weighted by atomic mass is 10.0. The average Bonchev–Trinajstić information content (AvgIpc) is 2.91. The number of esters is 1. The number of ether oxygens (including phenoxy) is 4. The first kappa shape index (κ1) is 25.2. The highest BCUT2D eigenvalue weighted by Crippen LogP contribution is 2.34. The molecular formula is C27H23NO9. The number of carbonyl (C=O) groups excluding carboxylic acids is 1. The molecule has 1 heterocycles. The second-order valence-electron chi connectivity index (χ2n) is 7.80. The molecule has 0 N–H and O–H groups in total. The number of hydrogen-bond donors (Lipinski definition) is 0. The van der Waals surface area contributed by atoms with Gasteiger partial charge in [-0.2, -0.15) is 0 Å². The zero-order valence-electron chi connectivity index (χ0n) is 20.3. The van der Waals surface area contributed by atoms with E-state index < -0.39 is 16.3 Å². The van der Waals surface area contributed by atoms with Gasteiger partial charge in [-0.15, -0.1) is 0 Å². The highest BCUT2D eigenvalue weighted by atomic mass is 16.6. The number of nitro groups is 1. The van der Waals surface area contributed by atoms with Crippen molar-refractivity contribution in [3.8, 4) is 28.4 Å². The summed E-state index contributed by atoms with van der Waals surface area (Å²) in [5.41, 5.74) is 0.828. The molecule has 0 radical (unpaired) electrons. The summed E-state index contributed by atoms with van der Waals surface area (Å²) in [4.78, 5) is 36.7. The number of nitro benzene ring substituents is 1. The molecule has 4 rings (SSSR count). The zero-order valence-corrected chi connectivity index (χ0v) is 20.3. The van der Waals surface area contributed by atoms with E-state index in [4.69, 9.17) is 23.4 Å². The molecule has 10 nitrogen and oxygen atoms in total. The second-order valence-corrected chi connectivity index (χ2v) is 7.80. The Kier molecular flexibility index (Phi) is 7.38. The third-order valence-corrected chi connectivity index (χ3v) is 5.55. The van der Waals surface area contributed by atoms with Crippen molar-refractivity contribution < 1.29 is 33.1 Å². The van der Waals surface area contributed by atoms with Crippen LogP contribution in [-0.2, 0) is 11.3 Å². The summed E-state index contributed by atoms with van der Waals surface area (Å²) in [6, 6.07) is 15.5. The van der Waals surface area contributed by atoms with Crippen molar-refractivity contribution in [2.75, 3.05) is 20.8 Å². The Balaban J connectivity index is 1.75. The molecule has 0 spiro atoms. The van der Waals surface area contributed by atoms with Crippen LogP contribution in [0.2, 0.25) is 0 Å². The number of non-ortho nitro benzene ring substituents is 1. The van der Waals surface area contributed by atoms with Crippen molar-refractivity contribution in [2.45, 2.75) is 13.5 Å². The largest absolute Gasteiger partial charge is 0.493 e. The molecule has 37 heavy (non-hydrogen) atoms. The van der Waals surface area contributed by atoms with Crippen LogP contribution in [0.25, 0.3) is 22.1 Å². The van der Waals surface area contributed by atoms with Gasteiger partial charge in [0, 0.05) is 18.2 Å². The Labute approximate surface area is 211 Å². The van der Waals surface area contributed by atoms with Crippen LogP contribution in [0.15, 0.2) is 69.9 Å². The van der Waals surface area contributed by atoms with E-state index in [0.717, 1.165) is 0 Å². The Morgan fingerprint density at radius 2 is 1.70 bits per heavy atom. The van der Waals surface area contributed by atoms with Crippen LogP contribution < -0.4 is 19.6 Å². The summed E-state index contributed by atoms with van der Waals surface area (Å²) in [7, 11) is 2.96. The summed E-state index contributed by atoms with van der Waals surface area (Å²) >= 11 is 0. The lowest BCUT2D eigenvalue weighted by Gasteiger charge is -2.13. The Morgan fingerprint density at radius 1 is 0.973 bits per heavy atom. The van der Waals surface area contributed by atoms with Gasteiger partial charge in [-0.05, 0) is 54.4 Å². The van der Waals surface area contributed by atoms with Crippen molar-refractivity contribution in [3.05, 3.63) is 92.3 Å². The van der Waals surface area contributed by atoms with Crippen molar-refractivity contribution in [3.63, 3.8) is 0 Å². The van der Waals surface area contributed by atoms with Gasteiger partial charge in [-0.1, -0.05) is 6.07 Å². The molecule has 0 unspecified atom stereocenters. The van der Waals surface area contributed by atoms with Crippen molar-refractivity contribution >= 4 is 22.6 Å². The van der Waals surface area contributed by atoms with E-state index in [2.05, 4.69) is 0 Å². The van der Waals surface area contributed by atoms with E-state index in [9.17, 15) is 19.7 Å². The minimum absolute atomic E-state index is 0.0204. The zero-order chi connectivity index (χ0) is 26.5. The molecule has 190 valence electrons. The van der Waals surface area contributed by atoms with Gasteiger partial charge in [0.1, 0.15) is 17.9 Å². The molecule has 0 aliphatic carbocycles. The standard InChI is InChI=1S/C27H23NO9/c1-4-35-27(30)26-24(17-7-12-21(33-2)23(13-17)34-3)25(29)20-11-10-19(14-22(20)37-26)36-15-16-5-8-18(9-6-16)28(31)32/h5-14H,4,15H2,1-3H3. The smallest absolute Gasteiger partial charge is 0.375 e. The molecule has 0 aliphatic heterocycles. The maximum Gasteiger partial charge on any atom is 0.375 e. The van der Waals surface area contributed by atoms with Gasteiger partial charge in [-0.25, -0.2) is 4.79 Å². The minimum atomic E-state index is -0.788. The first-order valence-corrected chi connectivity index (χ1v) is 11.2. The van der Waals surface area contributed by atoms with Gasteiger partial charge in [0.15, 0.2) is 11.5 Å². The maximum absolute atomic E-state index is 13.6. The van der Waals surface area contributed by atoms with Gasteiger partial charge in [0.05, 0.1) is 36.7 Å². The van der Waals surface area contributed by atoms with E-state index in [1.165, 1.54) is 32.4 Å². The molecule has 0 fully saturated rings. The summed E-state index contributed by atoms with van der Waals surface area (Å²) in [6.07, 6.45) is 0. The number of methoxy groups -OCH3 is 2. The molecule has 3 aromatic carbocycles. The molecule has 0 atom stereocenters. The van der Waals surface area contributed by atoms with E-state index in [-0.39, 0.29) is 41.2 Å². The molecule has 10 heteroatoms. The monoisotopic (exact) mass is 505 g/mol. The van der Waals surface area contributed by atoms with Gasteiger partial charge in [0.25, 0.3) is 5.69 Å². The van der Waals surface area contributed by atoms with E-state index in [1.54, 1.807) is 49.4 Å². The number of carbonyl (C=O) groups is 1. The van der Waals surface area contributed by atoms with E-state index in [1.807, 2.05) is 0 Å². The number of fused-ring (bicyclic) bond motifs is 1. The normalized spacial score (nSPS) is 10.7. The predicted molar refractivity (Wildman–Crippen MR) is 134 cm³/mol. The Morgan fingerprint density at radius 3 is 2.35 bits per heavy atom. The predicted octanol–water partition coefficient (Wildman–Crippen LogP) is 5.14. The second kappa shape index (κ2) is 10.8. The molecule has 0 saturated heterocycles. The molecular weight excluding hydrogens is 482 g/mol. The maximum atomic E-state index is 13.6. The number of rotatable bonds is 9. The lowest BCUT2D eigenvalue weighted by molar-refractivity contribution is -0.384. The Bertz CT molecular complexity index is 1520. The third-order valence-electron chi connectivity index (χ3n) is 5.55. The van der Waals surface area contributed by atoms with Crippen molar-refractivity contribution in [2.24, 2.45) is 0 Å². The summed E-state index contributed by atoms with van der Waals surface area (Å²) in [6.45, 7) is 1.86. The van der Waals surface area contributed by atoms with Crippen LogP contribution in [0.1, 0.15) is 23.0 Å². The van der Waals surface area contributed by atoms with Crippen LogP contribution in [-0.4, -0.2) is 31.7 Å². The molecule has 0 bridgehead atoms. The van der Waals surface area contributed by atoms with Crippen LogP contribution in [0.5, 0.6) is 17.2 Å². The SMILES string of the molecule is CCOC(=O)c1oc2cc(OCc3ccc([N+](=O)[O-])cc3)ccc2c(=O)c1-c1ccc(OC)c(OC)c1. The fraction of sp³-hybridized carbons (Fsp3) is 0.185. The van der Waals surface area contributed by atoms with Crippen LogP contribution in [0.4, 0.5) is 5.69 Å². The van der Waals surface area contributed by atoms with Crippen LogP contribution >= 0.6 is 0 Å². The average molecular weight is 505 g/mol. The summed E-state index contributed by atoms with van der Waals surface area (Å²) in [5.74, 6) is 0.179. The topological polar surface area (TPSA) is 127 Å². The third kappa shape index (κ3) is 5.22. The summed E-state index contributed by atoms with van der Waals surface area (Å²) < 4.78 is 27.5. The fourth-order valence-electron chi connectivity index (χ4n) is 3.74. The Hall–Kier alpha value is -4.86. The van der Waals surface area contributed by atoms with Gasteiger partial charge in [-0.3, -0.25) is 14.9 Å². The van der Waals surface area contributed by atoms with E-state index >= 15 is 0 Å². The number of hydrogen-bond acceptors (Lipinski definition) is 9. The highest BCUT2D eigenvalue weighted by molar-refractivity contribution is 5.98. The quantitative estimate of drug-likeness (QED) is 0.172. The fourth-order valence-corrected chi connectivity index (χ4v) is 3.74. The molecule has 0 aliphatic rings. The molecule has 0 saturated carbocycles. The first-order valence-electron chi connectivity index (χ1n) is 11.2. The minimum Gasteiger partial charge on any atom is -0.493 e. The van der Waals surface area contributed by atoms with Crippen LogP contribution in [0, 0.1) is 10.1 Å². The van der Waals surface area contributed by atoms with Crippen molar-refractivity contribution in [1.82, 2.24) is 0 Å². The van der Waals surface area contributed by atoms with Crippen molar-refractivity contribution in [1.29, 1.82) is 0 Å². The first-order chi connectivity index (χ1) is 17.9. The molecule has 4 aromatic rings. The van der Waals surface area contributed by atoms with E-state index in [0.29, 0.717) is 28.4 Å². The van der Waals surface area contributed by atoms with Gasteiger partial charge in [0.2, 0.25) is 11.2 Å². The summed E-state index contributed by atoms with van der Waals surface area (Å²) in [5, 5.41) is 11.1. The number of nitrogens with zero attached hydrogens (tertiary/aromatic N) is 1. The number of benzene rings is 3. The van der Waals surface area contributed by atoms with Crippen LogP contribution in [0.3, 0.4) is 0 Å². The lowest BCUT2D eigenvalue weighted by Crippen LogP contribution is -2.15. The molecule has 1 aromatic heterocycles. The van der Waals surface area contributed by atoms with Gasteiger partial charge >= 0.3 is 5.97 Å².